The van der Waals surface area contributed by atoms with Gasteiger partial charge in [-0.2, -0.15) is 0 Å². The summed E-state index contributed by atoms with van der Waals surface area (Å²) < 4.78 is 0. The summed E-state index contributed by atoms with van der Waals surface area (Å²) in [5.41, 5.74) is 5.55. The van der Waals surface area contributed by atoms with Crippen LogP contribution in [-0.2, 0) is 13.1 Å². The molecule has 0 spiro atoms. The van der Waals surface area contributed by atoms with Crippen molar-refractivity contribution in [1.29, 1.82) is 0 Å². The van der Waals surface area contributed by atoms with Gasteiger partial charge in [-0.1, -0.05) is 72.2 Å². The molecular formula is C33H29N3O. The highest BCUT2D eigenvalue weighted by molar-refractivity contribution is 5.74. The molecule has 1 N–H and O–H groups in total. The van der Waals surface area contributed by atoms with E-state index in [4.69, 9.17) is 0 Å². The standard InChI is InChI=1S/C33H29N3O/c1-26(2)35-33(37)36(24-31-15-9-14-29(20-31)18-16-27-10-5-3-6-11-27)25-32-21-30(22-34-23-32)19-17-28-12-7-4-8-13-28/h3-15,20-23,26H,24-25H2,1-2H3,(H,35,37). The summed E-state index contributed by atoms with van der Waals surface area (Å²) in [7, 11) is 0. The van der Waals surface area contributed by atoms with Gasteiger partial charge in [0, 0.05) is 53.8 Å². The summed E-state index contributed by atoms with van der Waals surface area (Å²) in [6, 6.07) is 29.6. The number of amides is 2. The Bertz CT molecular complexity index is 1350. The molecule has 0 aliphatic heterocycles. The molecule has 0 atom stereocenters. The maximum absolute atomic E-state index is 13.1. The summed E-state index contributed by atoms with van der Waals surface area (Å²) in [4.78, 5) is 19.2. The van der Waals surface area contributed by atoms with E-state index in [9.17, 15) is 4.79 Å². The van der Waals surface area contributed by atoms with E-state index in [1.54, 1.807) is 17.3 Å². The van der Waals surface area contributed by atoms with Gasteiger partial charge in [-0.15, -0.1) is 0 Å². The molecule has 182 valence electrons. The van der Waals surface area contributed by atoms with Gasteiger partial charge in [0.05, 0.1) is 0 Å². The van der Waals surface area contributed by atoms with Gasteiger partial charge in [0.1, 0.15) is 0 Å². The molecule has 4 heteroatoms. The van der Waals surface area contributed by atoms with Gasteiger partial charge in [0.25, 0.3) is 0 Å². The lowest BCUT2D eigenvalue weighted by atomic mass is 10.1. The zero-order valence-corrected chi connectivity index (χ0v) is 21.1. The van der Waals surface area contributed by atoms with Crippen LogP contribution in [0.2, 0.25) is 0 Å². The Hall–Kier alpha value is -4.80. The zero-order chi connectivity index (χ0) is 25.9. The molecular weight excluding hydrogens is 454 g/mol. The molecule has 1 aromatic heterocycles. The molecule has 2 amide bonds. The predicted molar refractivity (Wildman–Crippen MR) is 148 cm³/mol. The van der Waals surface area contributed by atoms with Crippen LogP contribution in [0.1, 0.15) is 47.2 Å². The summed E-state index contributed by atoms with van der Waals surface area (Å²) in [6.45, 7) is 4.76. The topological polar surface area (TPSA) is 45.2 Å². The molecule has 37 heavy (non-hydrogen) atoms. The second-order valence-electron chi connectivity index (χ2n) is 8.97. The molecule has 0 aliphatic carbocycles. The Labute approximate surface area is 219 Å². The number of nitrogens with one attached hydrogen (secondary N) is 1. The van der Waals surface area contributed by atoms with Crippen molar-refractivity contribution >= 4 is 6.03 Å². The fourth-order valence-electron chi connectivity index (χ4n) is 3.70. The van der Waals surface area contributed by atoms with Gasteiger partial charge in [-0.3, -0.25) is 4.98 Å². The lowest BCUT2D eigenvalue weighted by molar-refractivity contribution is 0.189. The summed E-state index contributed by atoms with van der Waals surface area (Å²) >= 11 is 0. The van der Waals surface area contributed by atoms with Crippen LogP contribution in [0, 0.1) is 23.7 Å². The molecule has 0 unspecified atom stereocenters. The number of hydrogen-bond donors (Lipinski definition) is 1. The minimum Gasteiger partial charge on any atom is -0.336 e. The number of pyridine rings is 1. The third-order valence-electron chi connectivity index (χ3n) is 5.42. The number of urea groups is 1. The van der Waals surface area contributed by atoms with E-state index >= 15 is 0 Å². The molecule has 0 radical (unpaired) electrons. The van der Waals surface area contributed by atoms with Crippen LogP contribution in [0.4, 0.5) is 4.79 Å². The Kier molecular flexibility index (Phi) is 8.73. The second kappa shape index (κ2) is 12.8. The number of hydrogen-bond acceptors (Lipinski definition) is 2. The van der Waals surface area contributed by atoms with Crippen LogP contribution in [-0.4, -0.2) is 22.0 Å². The minimum atomic E-state index is -0.128. The number of carbonyl (C=O) groups excluding carboxylic acids is 1. The van der Waals surface area contributed by atoms with Gasteiger partial charge in [-0.05, 0) is 67.4 Å². The van der Waals surface area contributed by atoms with E-state index in [2.05, 4.69) is 34.0 Å². The maximum Gasteiger partial charge on any atom is 0.318 e. The van der Waals surface area contributed by atoms with E-state index in [0.29, 0.717) is 13.1 Å². The van der Waals surface area contributed by atoms with Crippen molar-refractivity contribution in [3.05, 3.63) is 137 Å². The van der Waals surface area contributed by atoms with Crippen LogP contribution in [0.15, 0.2) is 103 Å². The van der Waals surface area contributed by atoms with E-state index in [-0.39, 0.29) is 12.1 Å². The van der Waals surface area contributed by atoms with E-state index in [1.165, 1.54) is 0 Å². The number of aromatic nitrogens is 1. The highest BCUT2D eigenvalue weighted by Gasteiger charge is 2.16. The number of carbonyl (C=O) groups is 1. The normalized spacial score (nSPS) is 10.0. The van der Waals surface area contributed by atoms with Crippen molar-refractivity contribution in [3.63, 3.8) is 0 Å². The summed E-state index contributed by atoms with van der Waals surface area (Å²) in [5, 5.41) is 3.02. The van der Waals surface area contributed by atoms with Crippen molar-refractivity contribution < 1.29 is 4.79 Å². The molecule has 4 nitrogen and oxygen atoms in total. The lowest BCUT2D eigenvalue weighted by Gasteiger charge is -2.24. The third kappa shape index (κ3) is 8.13. The molecule has 0 aliphatic rings. The second-order valence-corrected chi connectivity index (χ2v) is 8.97. The molecule has 1 heterocycles. The summed E-state index contributed by atoms with van der Waals surface area (Å²) in [5.74, 6) is 12.8. The molecule has 0 saturated heterocycles. The van der Waals surface area contributed by atoms with Crippen LogP contribution in [0.25, 0.3) is 0 Å². The van der Waals surface area contributed by atoms with Crippen LogP contribution in [0.3, 0.4) is 0 Å². The maximum atomic E-state index is 13.1. The molecule has 4 aromatic rings. The predicted octanol–water partition coefficient (Wildman–Crippen LogP) is 6.00. The molecule has 0 fully saturated rings. The molecule has 3 aromatic carbocycles. The lowest BCUT2D eigenvalue weighted by Crippen LogP contribution is -2.42. The third-order valence-corrected chi connectivity index (χ3v) is 5.42. The molecule has 0 saturated carbocycles. The summed E-state index contributed by atoms with van der Waals surface area (Å²) in [6.07, 6.45) is 3.53. The number of rotatable bonds is 5. The Morgan fingerprint density at radius 2 is 1.24 bits per heavy atom. The first-order valence-corrected chi connectivity index (χ1v) is 12.3. The van der Waals surface area contributed by atoms with Crippen molar-refractivity contribution in [2.45, 2.75) is 33.0 Å². The molecule has 4 rings (SSSR count). The average molecular weight is 484 g/mol. The van der Waals surface area contributed by atoms with Gasteiger partial charge in [-0.25, -0.2) is 4.79 Å². The van der Waals surface area contributed by atoms with Crippen LogP contribution >= 0.6 is 0 Å². The minimum absolute atomic E-state index is 0.0271. The van der Waals surface area contributed by atoms with E-state index in [0.717, 1.165) is 33.4 Å². The smallest absolute Gasteiger partial charge is 0.318 e. The van der Waals surface area contributed by atoms with Gasteiger partial charge < -0.3 is 10.2 Å². The fraction of sp³-hybridized carbons (Fsp3) is 0.152. The highest BCUT2D eigenvalue weighted by atomic mass is 16.2. The SMILES string of the molecule is CC(C)NC(=O)N(Cc1cccc(C#Cc2ccccc2)c1)Cc1cncc(C#Cc2ccccc2)c1. The van der Waals surface area contributed by atoms with Crippen molar-refractivity contribution in [3.8, 4) is 23.7 Å². The van der Waals surface area contributed by atoms with Gasteiger partial charge in [0.15, 0.2) is 0 Å². The van der Waals surface area contributed by atoms with Gasteiger partial charge in [0.2, 0.25) is 0 Å². The molecule has 0 bridgehead atoms. The fourth-order valence-corrected chi connectivity index (χ4v) is 3.70. The van der Waals surface area contributed by atoms with Crippen molar-refractivity contribution in [2.75, 3.05) is 0 Å². The zero-order valence-electron chi connectivity index (χ0n) is 21.1. The van der Waals surface area contributed by atoms with E-state index in [1.807, 2.05) is 105 Å². The average Bonchev–Trinajstić information content (AvgIpc) is 2.92. The number of benzene rings is 3. The first kappa shape index (κ1) is 25.3. The van der Waals surface area contributed by atoms with Crippen LogP contribution in [0.5, 0.6) is 0 Å². The Balaban J connectivity index is 1.53. The van der Waals surface area contributed by atoms with Gasteiger partial charge >= 0.3 is 6.03 Å². The first-order chi connectivity index (χ1) is 18.0. The quantitative estimate of drug-likeness (QED) is 0.354. The van der Waals surface area contributed by atoms with E-state index < -0.39 is 0 Å². The first-order valence-electron chi connectivity index (χ1n) is 12.3. The Morgan fingerprint density at radius 3 is 1.89 bits per heavy atom. The highest BCUT2D eigenvalue weighted by Crippen LogP contribution is 2.13. The van der Waals surface area contributed by atoms with Crippen LogP contribution < -0.4 is 5.32 Å². The Morgan fingerprint density at radius 1 is 0.703 bits per heavy atom. The largest absolute Gasteiger partial charge is 0.336 e. The monoisotopic (exact) mass is 483 g/mol. The number of nitrogens with zero attached hydrogens (tertiary/aromatic N) is 2. The van der Waals surface area contributed by atoms with Crippen molar-refractivity contribution in [2.24, 2.45) is 0 Å². The van der Waals surface area contributed by atoms with Crippen molar-refractivity contribution in [1.82, 2.24) is 15.2 Å².